The Morgan fingerprint density at radius 3 is 2.09 bits per heavy atom. The van der Waals surface area contributed by atoms with Crippen molar-refractivity contribution in [3.63, 3.8) is 0 Å². The number of benzene rings is 1. The smallest absolute Gasteiger partial charge is 0.476 e. The molecule has 0 amide bonds. The zero-order valence-corrected chi connectivity index (χ0v) is 17.5. The summed E-state index contributed by atoms with van der Waals surface area (Å²) in [5, 5.41) is 18.3. The molecule has 1 aromatic carbocycles. The van der Waals surface area contributed by atoms with Gasteiger partial charge in [-0.15, -0.1) is 0 Å². The number of ether oxygens (including phenoxy) is 1. The van der Waals surface area contributed by atoms with E-state index in [0.29, 0.717) is 6.61 Å². The number of rotatable bonds is 1. The van der Waals surface area contributed by atoms with Gasteiger partial charge >= 0.3 is 24.3 Å². The fourth-order valence-electron chi connectivity index (χ4n) is 2.21. The van der Waals surface area contributed by atoms with Gasteiger partial charge in [0.2, 0.25) is 5.88 Å². The van der Waals surface area contributed by atoms with Crippen molar-refractivity contribution in [1.82, 2.24) is 10.3 Å². The Bertz CT molecular complexity index is 958. The molecule has 1 aliphatic rings. The molecule has 0 spiro atoms. The average molecular weight is 503 g/mol. The molecule has 7 nitrogen and oxygen atoms in total. The van der Waals surface area contributed by atoms with Crippen LogP contribution in [0.2, 0.25) is 5.02 Å². The van der Waals surface area contributed by atoms with E-state index in [2.05, 4.69) is 16.4 Å². The van der Waals surface area contributed by atoms with Crippen molar-refractivity contribution < 1.29 is 50.9 Å². The molecule has 0 radical (unpaired) electrons. The Labute approximate surface area is 188 Å². The summed E-state index contributed by atoms with van der Waals surface area (Å²) in [6.07, 6.45) is -10.2. The van der Waals surface area contributed by atoms with E-state index in [9.17, 15) is 26.3 Å². The van der Waals surface area contributed by atoms with Gasteiger partial charge in [0.15, 0.2) is 0 Å². The topological polar surface area (TPSA) is 109 Å². The second kappa shape index (κ2) is 11.7. The molecule has 1 aromatic heterocycles. The van der Waals surface area contributed by atoms with Gasteiger partial charge in [0, 0.05) is 29.2 Å². The van der Waals surface area contributed by atoms with Crippen LogP contribution >= 0.6 is 11.6 Å². The maximum absolute atomic E-state index is 10.6. The van der Waals surface area contributed by atoms with Crippen molar-refractivity contribution in [2.45, 2.75) is 25.8 Å². The number of carboxylic acids is 2. The summed E-state index contributed by atoms with van der Waals surface area (Å²) < 4.78 is 69.1. The van der Waals surface area contributed by atoms with Gasteiger partial charge in [0.05, 0.1) is 5.69 Å². The van der Waals surface area contributed by atoms with Gasteiger partial charge in [-0.25, -0.2) is 14.6 Å². The Morgan fingerprint density at radius 2 is 1.58 bits per heavy atom. The lowest BCUT2D eigenvalue weighted by molar-refractivity contribution is -0.193. The number of carbonyl (C=O) groups is 2. The van der Waals surface area contributed by atoms with Crippen LogP contribution in [0, 0.1) is 6.92 Å². The molecule has 3 N–H and O–H groups in total. The van der Waals surface area contributed by atoms with E-state index in [1.54, 1.807) is 0 Å². The third kappa shape index (κ3) is 9.14. The molecule has 3 rings (SSSR count). The van der Waals surface area contributed by atoms with E-state index in [-0.39, 0.29) is 0 Å². The van der Waals surface area contributed by atoms with Crippen molar-refractivity contribution in [1.29, 1.82) is 0 Å². The van der Waals surface area contributed by atoms with Crippen molar-refractivity contribution in [2.75, 3.05) is 13.2 Å². The number of hydrogen-bond acceptors (Lipinski definition) is 5. The molecular weight excluding hydrogens is 486 g/mol. The predicted octanol–water partition coefficient (Wildman–Crippen LogP) is 4.46. The highest BCUT2D eigenvalue weighted by Gasteiger charge is 2.38. The molecule has 14 heteroatoms. The predicted molar refractivity (Wildman–Crippen MR) is 104 cm³/mol. The third-order valence-electron chi connectivity index (χ3n) is 3.80. The molecule has 0 aliphatic carbocycles. The second-order valence-electron chi connectivity index (χ2n) is 6.20. The van der Waals surface area contributed by atoms with Crippen molar-refractivity contribution in [2.24, 2.45) is 0 Å². The van der Waals surface area contributed by atoms with Crippen LogP contribution in [-0.2, 0) is 16.1 Å². The average Bonchev–Trinajstić information content (AvgIpc) is 2.94. The molecule has 2 heterocycles. The Kier molecular flexibility index (Phi) is 9.92. The zero-order valence-electron chi connectivity index (χ0n) is 16.7. The lowest BCUT2D eigenvalue weighted by atomic mass is 10.0. The quantitative estimate of drug-likeness (QED) is 0.494. The van der Waals surface area contributed by atoms with Crippen molar-refractivity contribution in [3.05, 3.63) is 46.5 Å². The normalized spacial score (nSPS) is 13.1. The SMILES string of the molecule is Cc1c(Cl)cccc1-c1ccc2c(n1)OCCNC2.O=C(O)C(F)(F)F.O=C(O)C(F)(F)F. The number of fused-ring (bicyclic) bond motifs is 1. The van der Waals surface area contributed by atoms with E-state index in [4.69, 9.17) is 36.1 Å². The summed E-state index contributed by atoms with van der Waals surface area (Å²) in [4.78, 5) is 22.4. The molecule has 1 aliphatic heterocycles. The summed E-state index contributed by atoms with van der Waals surface area (Å²) in [6, 6.07) is 9.96. The highest BCUT2D eigenvalue weighted by molar-refractivity contribution is 6.31. The van der Waals surface area contributed by atoms with Gasteiger partial charge in [-0.3, -0.25) is 0 Å². The Morgan fingerprint density at radius 1 is 1.03 bits per heavy atom. The summed E-state index contributed by atoms with van der Waals surface area (Å²) in [7, 11) is 0. The first-order chi connectivity index (χ1) is 15.1. The van der Waals surface area contributed by atoms with Crippen LogP contribution < -0.4 is 10.1 Å². The van der Waals surface area contributed by atoms with E-state index < -0.39 is 24.3 Å². The summed E-state index contributed by atoms with van der Waals surface area (Å²) in [5.74, 6) is -4.79. The molecular formula is C19H17ClF6N2O5. The van der Waals surface area contributed by atoms with Crippen molar-refractivity contribution >= 4 is 23.5 Å². The van der Waals surface area contributed by atoms with Crippen LogP contribution in [0.5, 0.6) is 5.88 Å². The molecule has 33 heavy (non-hydrogen) atoms. The molecule has 0 unspecified atom stereocenters. The number of aromatic nitrogens is 1. The lowest BCUT2D eigenvalue weighted by Gasteiger charge is -2.10. The number of halogens is 7. The number of nitrogens with one attached hydrogen (secondary N) is 1. The number of aliphatic carboxylic acids is 2. The Hall–Kier alpha value is -3.06. The largest absolute Gasteiger partial charge is 0.490 e. The van der Waals surface area contributed by atoms with Gasteiger partial charge in [-0.1, -0.05) is 29.8 Å². The molecule has 182 valence electrons. The van der Waals surface area contributed by atoms with Crippen LogP contribution in [0.4, 0.5) is 26.3 Å². The second-order valence-corrected chi connectivity index (χ2v) is 6.61. The number of pyridine rings is 1. The maximum Gasteiger partial charge on any atom is 0.490 e. The highest BCUT2D eigenvalue weighted by Crippen LogP contribution is 2.29. The first-order valence-corrected chi connectivity index (χ1v) is 9.21. The van der Waals surface area contributed by atoms with E-state index in [1.807, 2.05) is 31.2 Å². The minimum atomic E-state index is -5.08. The summed E-state index contributed by atoms with van der Waals surface area (Å²) in [5.41, 5.74) is 4.10. The van der Waals surface area contributed by atoms with Gasteiger partial charge in [-0.2, -0.15) is 26.3 Å². The highest BCUT2D eigenvalue weighted by atomic mass is 35.5. The number of alkyl halides is 6. The zero-order chi connectivity index (χ0) is 25.4. The van der Waals surface area contributed by atoms with E-state index in [1.165, 1.54) is 0 Å². The minimum Gasteiger partial charge on any atom is -0.476 e. The summed E-state index contributed by atoms with van der Waals surface area (Å²) in [6.45, 7) is 4.31. The first-order valence-electron chi connectivity index (χ1n) is 8.83. The monoisotopic (exact) mass is 502 g/mol. The van der Waals surface area contributed by atoms with Gasteiger partial charge in [-0.05, 0) is 24.6 Å². The van der Waals surface area contributed by atoms with Crippen LogP contribution in [-0.4, -0.2) is 52.6 Å². The van der Waals surface area contributed by atoms with Crippen LogP contribution in [0.1, 0.15) is 11.1 Å². The molecule has 0 saturated carbocycles. The van der Waals surface area contributed by atoms with Crippen LogP contribution in [0.3, 0.4) is 0 Å². The van der Waals surface area contributed by atoms with Gasteiger partial charge in [0.25, 0.3) is 0 Å². The first kappa shape index (κ1) is 28.0. The van der Waals surface area contributed by atoms with E-state index in [0.717, 1.165) is 46.4 Å². The molecule has 0 fully saturated rings. The number of hydrogen-bond donors (Lipinski definition) is 3. The number of carboxylic acid groups (broad SMARTS) is 2. The van der Waals surface area contributed by atoms with Crippen LogP contribution in [0.15, 0.2) is 30.3 Å². The van der Waals surface area contributed by atoms with Crippen molar-refractivity contribution in [3.8, 4) is 17.1 Å². The molecule has 0 atom stereocenters. The minimum absolute atomic E-state index is 0.651. The van der Waals surface area contributed by atoms with E-state index >= 15 is 0 Å². The van der Waals surface area contributed by atoms with Crippen LogP contribution in [0.25, 0.3) is 11.3 Å². The Balaban J connectivity index is 0.000000324. The fraction of sp³-hybridized carbons (Fsp3) is 0.316. The molecule has 0 bridgehead atoms. The molecule has 2 aromatic rings. The third-order valence-corrected chi connectivity index (χ3v) is 4.21. The lowest BCUT2D eigenvalue weighted by Crippen LogP contribution is -2.21. The number of nitrogens with zero attached hydrogens (tertiary/aromatic N) is 1. The standard InChI is InChI=1S/C15H15ClN2O.2C2HF3O2/c1-10-12(3-2-4-13(10)16)14-6-5-11-9-17-7-8-19-15(11)18-14;2*3-2(4,5)1(6)7/h2-6,17H,7-9H2,1H3;2*(H,6,7). The van der Waals surface area contributed by atoms with Gasteiger partial charge in [0.1, 0.15) is 6.61 Å². The fourth-order valence-corrected chi connectivity index (χ4v) is 2.38. The maximum atomic E-state index is 10.6. The summed E-state index contributed by atoms with van der Waals surface area (Å²) >= 11 is 6.16. The van der Waals surface area contributed by atoms with Gasteiger partial charge < -0.3 is 20.3 Å². The molecule has 0 saturated heterocycles.